The van der Waals surface area contributed by atoms with Crippen LogP contribution < -0.4 is 0 Å². The Bertz CT molecular complexity index is 258. The number of nitrogens with zero attached hydrogens (tertiary/aromatic N) is 2. The van der Waals surface area contributed by atoms with Gasteiger partial charge >= 0.3 is 0 Å². The van der Waals surface area contributed by atoms with Crippen LogP contribution in [0.5, 0.6) is 0 Å². The molecular formula is C5H6N2O3S. The summed E-state index contributed by atoms with van der Waals surface area (Å²) in [6, 6.07) is 0. The second-order valence-corrected chi connectivity index (χ2v) is 2.99. The lowest BCUT2D eigenvalue weighted by Crippen LogP contribution is -2.00. The van der Waals surface area contributed by atoms with E-state index in [1.54, 1.807) is 6.92 Å². The summed E-state index contributed by atoms with van der Waals surface area (Å²) >= 11 is 1.17. The van der Waals surface area contributed by atoms with E-state index in [1.807, 2.05) is 0 Å². The van der Waals surface area contributed by atoms with Crippen molar-refractivity contribution in [1.29, 1.82) is 0 Å². The molecule has 1 heterocycles. The number of nitro groups is 1. The second-order valence-electron chi connectivity index (χ2n) is 2.02. The molecule has 0 radical (unpaired) electrons. The van der Waals surface area contributed by atoms with E-state index in [9.17, 15) is 10.1 Å². The van der Waals surface area contributed by atoms with Gasteiger partial charge in [0, 0.05) is 0 Å². The summed E-state index contributed by atoms with van der Waals surface area (Å²) in [6.45, 7) is 1.58. The van der Waals surface area contributed by atoms with Crippen molar-refractivity contribution in [2.45, 2.75) is 6.92 Å². The molecule has 0 unspecified atom stereocenters. The number of rotatable bonds is 1. The molecule has 0 atom stereocenters. The standard InChI is InChI=1S/C5H6N2O3S/c1-3-4(7(9)10)2-11-5(3)6-8/h8H,2H2,1H3. The van der Waals surface area contributed by atoms with Crippen LogP contribution in [0.3, 0.4) is 0 Å². The van der Waals surface area contributed by atoms with Crippen molar-refractivity contribution in [3.8, 4) is 0 Å². The van der Waals surface area contributed by atoms with Crippen LogP contribution in [0.4, 0.5) is 0 Å². The fourth-order valence-corrected chi connectivity index (χ4v) is 1.76. The van der Waals surface area contributed by atoms with Gasteiger partial charge in [0.1, 0.15) is 5.04 Å². The van der Waals surface area contributed by atoms with Crippen LogP contribution in [0, 0.1) is 10.1 Å². The molecule has 60 valence electrons. The SMILES string of the molecule is CC1=C([N+](=O)[O-])CSC1=NO. The van der Waals surface area contributed by atoms with Gasteiger partial charge in [0.15, 0.2) is 0 Å². The Hall–Kier alpha value is -1.04. The van der Waals surface area contributed by atoms with Crippen molar-refractivity contribution >= 4 is 16.8 Å². The molecule has 0 bridgehead atoms. The Labute approximate surface area is 66.9 Å². The molecule has 6 heteroatoms. The molecule has 0 aromatic heterocycles. The van der Waals surface area contributed by atoms with Crippen LogP contribution >= 0.6 is 11.8 Å². The number of thioether (sulfide) groups is 1. The van der Waals surface area contributed by atoms with Crippen molar-refractivity contribution in [1.82, 2.24) is 0 Å². The molecular weight excluding hydrogens is 168 g/mol. The minimum atomic E-state index is -0.444. The van der Waals surface area contributed by atoms with Gasteiger partial charge in [-0.15, -0.1) is 0 Å². The molecule has 0 saturated heterocycles. The second kappa shape index (κ2) is 2.91. The molecule has 0 spiro atoms. The summed E-state index contributed by atoms with van der Waals surface area (Å²) in [7, 11) is 0. The summed E-state index contributed by atoms with van der Waals surface area (Å²) < 4.78 is 0. The lowest BCUT2D eigenvalue weighted by Gasteiger charge is -1.89. The molecule has 1 aliphatic heterocycles. The Morgan fingerprint density at radius 1 is 1.82 bits per heavy atom. The Balaban J connectivity index is 2.98. The Morgan fingerprint density at radius 2 is 2.45 bits per heavy atom. The lowest BCUT2D eigenvalue weighted by molar-refractivity contribution is -0.423. The Morgan fingerprint density at radius 3 is 2.73 bits per heavy atom. The normalized spacial score (nSPS) is 21.4. The highest BCUT2D eigenvalue weighted by atomic mass is 32.2. The fourth-order valence-electron chi connectivity index (χ4n) is 0.770. The van der Waals surface area contributed by atoms with Gasteiger partial charge in [-0.2, -0.15) is 0 Å². The van der Waals surface area contributed by atoms with Gasteiger partial charge in [-0.3, -0.25) is 10.1 Å². The van der Waals surface area contributed by atoms with Crippen molar-refractivity contribution in [3.63, 3.8) is 0 Å². The van der Waals surface area contributed by atoms with Gasteiger partial charge in [0.25, 0.3) is 5.70 Å². The zero-order chi connectivity index (χ0) is 8.43. The first kappa shape index (κ1) is 8.06. The van der Waals surface area contributed by atoms with E-state index in [4.69, 9.17) is 5.21 Å². The minimum Gasteiger partial charge on any atom is -0.410 e. The third-order valence-electron chi connectivity index (χ3n) is 1.41. The molecule has 1 aliphatic rings. The summed E-state index contributed by atoms with van der Waals surface area (Å²) in [5.41, 5.74) is 0.588. The monoisotopic (exact) mass is 174 g/mol. The molecule has 0 amide bonds. The first-order chi connectivity index (χ1) is 5.16. The smallest absolute Gasteiger partial charge is 0.262 e. The summed E-state index contributed by atoms with van der Waals surface area (Å²) in [5, 5.41) is 21.9. The van der Waals surface area contributed by atoms with Crippen molar-refractivity contribution in [3.05, 3.63) is 21.4 Å². The highest BCUT2D eigenvalue weighted by Crippen LogP contribution is 2.27. The maximum absolute atomic E-state index is 10.3. The number of oxime groups is 1. The van der Waals surface area contributed by atoms with Crippen molar-refractivity contribution in [2.24, 2.45) is 5.16 Å². The number of hydrogen-bond acceptors (Lipinski definition) is 5. The van der Waals surface area contributed by atoms with Crippen molar-refractivity contribution in [2.75, 3.05) is 5.75 Å². The third-order valence-corrected chi connectivity index (χ3v) is 2.49. The topological polar surface area (TPSA) is 75.7 Å². The molecule has 1 rings (SSSR count). The largest absolute Gasteiger partial charge is 0.410 e. The highest BCUT2D eigenvalue weighted by Gasteiger charge is 2.27. The molecule has 0 aromatic rings. The van der Waals surface area contributed by atoms with E-state index in [1.165, 1.54) is 11.8 Å². The van der Waals surface area contributed by atoms with Crippen molar-refractivity contribution < 1.29 is 10.1 Å². The zero-order valence-corrected chi connectivity index (χ0v) is 6.59. The van der Waals surface area contributed by atoms with Gasteiger partial charge in [-0.05, 0) is 6.92 Å². The van der Waals surface area contributed by atoms with Gasteiger partial charge in [0.2, 0.25) is 0 Å². The Kier molecular flexibility index (Phi) is 2.13. The van der Waals surface area contributed by atoms with E-state index in [0.717, 1.165) is 0 Å². The van der Waals surface area contributed by atoms with E-state index < -0.39 is 4.92 Å². The summed E-state index contributed by atoms with van der Waals surface area (Å²) in [5.74, 6) is 0.290. The van der Waals surface area contributed by atoms with Crippen LogP contribution in [-0.4, -0.2) is 20.9 Å². The van der Waals surface area contributed by atoms with E-state index in [-0.39, 0.29) is 11.4 Å². The maximum Gasteiger partial charge on any atom is 0.262 e. The van der Waals surface area contributed by atoms with Gasteiger partial charge in [-0.25, -0.2) is 0 Å². The first-order valence-electron chi connectivity index (χ1n) is 2.86. The molecule has 1 N–H and O–H groups in total. The van der Waals surface area contributed by atoms with E-state index in [2.05, 4.69) is 5.16 Å². The molecule has 0 fully saturated rings. The third kappa shape index (κ3) is 1.35. The van der Waals surface area contributed by atoms with Crippen LogP contribution in [0.15, 0.2) is 16.4 Å². The zero-order valence-electron chi connectivity index (χ0n) is 5.77. The molecule has 0 saturated carbocycles. The first-order valence-corrected chi connectivity index (χ1v) is 3.84. The predicted octanol–water partition coefficient (Wildman–Crippen LogP) is 1.07. The number of hydrogen-bond donors (Lipinski definition) is 1. The quantitative estimate of drug-likeness (QED) is 0.366. The molecule has 0 aliphatic carbocycles. The minimum absolute atomic E-state index is 0.128. The maximum atomic E-state index is 10.3. The predicted molar refractivity (Wildman–Crippen MR) is 41.4 cm³/mol. The van der Waals surface area contributed by atoms with Crippen LogP contribution in [-0.2, 0) is 0 Å². The summed E-state index contributed by atoms with van der Waals surface area (Å²) in [4.78, 5) is 9.83. The van der Waals surface area contributed by atoms with Crippen LogP contribution in [0.1, 0.15) is 6.92 Å². The van der Waals surface area contributed by atoms with Gasteiger partial charge in [-0.1, -0.05) is 16.9 Å². The summed E-state index contributed by atoms with van der Waals surface area (Å²) in [6.07, 6.45) is 0. The average Bonchev–Trinajstić information content (AvgIpc) is 2.30. The molecule has 5 nitrogen and oxygen atoms in total. The van der Waals surface area contributed by atoms with E-state index in [0.29, 0.717) is 10.6 Å². The van der Waals surface area contributed by atoms with Gasteiger partial charge in [0.05, 0.1) is 16.2 Å². The van der Waals surface area contributed by atoms with E-state index >= 15 is 0 Å². The highest BCUT2D eigenvalue weighted by molar-refractivity contribution is 8.15. The lowest BCUT2D eigenvalue weighted by atomic mass is 10.3. The van der Waals surface area contributed by atoms with Gasteiger partial charge < -0.3 is 5.21 Å². The molecule has 11 heavy (non-hydrogen) atoms. The fraction of sp³-hybridized carbons (Fsp3) is 0.400. The van der Waals surface area contributed by atoms with Crippen LogP contribution in [0.2, 0.25) is 0 Å². The molecule has 0 aromatic carbocycles. The average molecular weight is 174 g/mol. The van der Waals surface area contributed by atoms with Crippen LogP contribution in [0.25, 0.3) is 0 Å².